The highest BCUT2D eigenvalue weighted by Gasteiger charge is 2.38. The Balaban J connectivity index is 0.000000559. The van der Waals surface area contributed by atoms with Crippen molar-refractivity contribution in [2.45, 2.75) is 43.7 Å². The number of aromatic nitrogens is 1. The van der Waals surface area contributed by atoms with Gasteiger partial charge in [0.05, 0.1) is 16.8 Å². The maximum Gasteiger partial charge on any atom is 0.490 e. The third-order valence-electron chi connectivity index (χ3n) is 6.57. The maximum absolute atomic E-state index is 13.6. The first-order chi connectivity index (χ1) is 18.7. The quantitative estimate of drug-likeness (QED) is 0.409. The lowest BCUT2D eigenvalue weighted by Gasteiger charge is -2.36. The van der Waals surface area contributed by atoms with E-state index in [1.807, 2.05) is 4.90 Å². The number of carboxylic acid groups (broad SMARTS) is 2. The molecule has 1 unspecified atom stereocenters. The minimum atomic E-state index is -5.08. The minimum Gasteiger partial charge on any atom is -0.478 e. The molecule has 2 fully saturated rings. The van der Waals surface area contributed by atoms with E-state index < -0.39 is 34.0 Å². The molecule has 2 aliphatic heterocycles. The molecule has 1 atom stereocenters. The second-order valence-electron chi connectivity index (χ2n) is 9.68. The van der Waals surface area contributed by atoms with E-state index >= 15 is 0 Å². The van der Waals surface area contributed by atoms with Crippen LogP contribution >= 0.6 is 0 Å². The average molecular weight is 591 g/mol. The standard InChI is InChI=1S/C23H29FN4O4S.C2HF3O2/c1-16-6-7-18(24)11-21(16)33(31,32)26-19-12-20(23(29)30)22(25-13-19)28-10-4-5-17(15-28)14-27-8-2-3-9-27;3-2(4,5)1(6)7/h6-7,11-13,17,26H,2-5,8-10,14-15H2,1H3,(H,29,30);(H,6,7). The van der Waals surface area contributed by atoms with Crippen molar-refractivity contribution in [3.63, 3.8) is 0 Å². The molecule has 3 heterocycles. The largest absolute Gasteiger partial charge is 0.490 e. The fourth-order valence-corrected chi connectivity index (χ4v) is 6.02. The van der Waals surface area contributed by atoms with Gasteiger partial charge in [0.15, 0.2) is 0 Å². The number of halogens is 4. The summed E-state index contributed by atoms with van der Waals surface area (Å²) in [6, 6.07) is 4.78. The molecule has 0 amide bonds. The molecule has 0 aliphatic carbocycles. The van der Waals surface area contributed by atoms with Crippen LogP contribution in [0.3, 0.4) is 0 Å². The van der Waals surface area contributed by atoms with Gasteiger partial charge in [-0.05, 0) is 75.4 Å². The molecule has 0 spiro atoms. The van der Waals surface area contributed by atoms with E-state index in [0.717, 1.165) is 45.1 Å². The Morgan fingerprint density at radius 2 is 1.75 bits per heavy atom. The second-order valence-corrected chi connectivity index (χ2v) is 11.3. The summed E-state index contributed by atoms with van der Waals surface area (Å²) in [5, 5.41) is 16.9. The van der Waals surface area contributed by atoms with Gasteiger partial charge >= 0.3 is 18.1 Å². The van der Waals surface area contributed by atoms with Crippen LogP contribution in [0.1, 0.15) is 41.6 Å². The number of pyridine rings is 1. The van der Waals surface area contributed by atoms with Gasteiger partial charge in [0.25, 0.3) is 10.0 Å². The Morgan fingerprint density at radius 1 is 1.10 bits per heavy atom. The van der Waals surface area contributed by atoms with Gasteiger partial charge in [-0.2, -0.15) is 13.2 Å². The van der Waals surface area contributed by atoms with Crippen LogP contribution in [0.25, 0.3) is 0 Å². The van der Waals surface area contributed by atoms with Gasteiger partial charge in [0, 0.05) is 19.6 Å². The van der Waals surface area contributed by atoms with E-state index in [9.17, 15) is 35.9 Å². The van der Waals surface area contributed by atoms with Gasteiger partial charge in [-0.3, -0.25) is 4.72 Å². The van der Waals surface area contributed by atoms with Gasteiger partial charge in [0.1, 0.15) is 17.2 Å². The maximum atomic E-state index is 13.6. The molecule has 1 aromatic carbocycles. The summed E-state index contributed by atoms with van der Waals surface area (Å²) in [7, 11) is -4.11. The molecule has 0 radical (unpaired) electrons. The zero-order valence-corrected chi connectivity index (χ0v) is 22.4. The number of likely N-dealkylation sites (tertiary alicyclic amines) is 1. The Kier molecular flexibility index (Phi) is 9.95. The number of aryl methyl sites for hydroxylation is 1. The molecular weight excluding hydrogens is 560 g/mol. The van der Waals surface area contributed by atoms with Crippen molar-refractivity contribution in [1.82, 2.24) is 9.88 Å². The average Bonchev–Trinajstić information content (AvgIpc) is 3.38. The number of benzene rings is 1. The molecule has 2 saturated heterocycles. The van der Waals surface area contributed by atoms with Crippen LogP contribution in [0, 0.1) is 18.7 Å². The number of nitrogens with one attached hydrogen (secondary N) is 1. The first-order valence-corrected chi connectivity index (χ1v) is 14.0. The normalized spacial score (nSPS) is 18.1. The van der Waals surface area contributed by atoms with Gasteiger partial charge in [0.2, 0.25) is 0 Å². The van der Waals surface area contributed by atoms with Crippen molar-refractivity contribution in [3.8, 4) is 0 Å². The van der Waals surface area contributed by atoms with Crippen LogP contribution in [0.4, 0.5) is 29.1 Å². The molecular formula is C25H30F4N4O6S. The number of nitrogens with zero attached hydrogens (tertiary/aromatic N) is 3. The first kappa shape index (κ1) is 31.1. The van der Waals surface area contributed by atoms with E-state index in [1.54, 1.807) is 6.92 Å². The van der Waals surface area contributed by atoms with Crippen molar-refractivity contribution in [3.05, 3.63) is 47.4 Å². The molecule has 220 valence electrons. The van der Waals surface area contributed by atoms with Crippen molar-refractivity contribution >= 4 is 33.5 Å². The molecule has 2 aromatic rings. The molecule has 10 nitrogen and oxygen atoms in total. The van der Waals surface area contributed by atoms with Crippen LogP contribution in [-0.4, -0.2) is 79.4 Å². The molecule has 4 rings (SSSR count). The summed E-state index contributed by atoms with van der Waals surface area (Å²) >= 11 is 0. The van der Waals surface area contributed by atoms with Gasteiger partial charge in [-0.25, -0.2) is 27.4 Å². The smallest absolute Gasteiger partial charge is 0.478 e. The number of alkyl halides is 3. The van der Waals surface area contributed by atoms with Crippen molar-refractivity contribution in [1.29, 1.82) is 0 Å². The second kappa shape index (κ2) is 12.8. The summed E-state index contributed by atoms with van der Waals surface area (Å²) in [6.45, 7) is 6.23. The van der Waals surface area contributed by atoms with E-state index in [0.29, 0.717) is 23.8 Å². The highest BCUT2D eigenvalue weighted by atomic mass is 32.2. The Hall–Kier alpha value is -3.46. The topological polar surface area (TPSA) is 140 Å². The number of hydrogen-bond donors (Lipinski definition) is 3. The summed E-state index contributed by atoms with van der Waals surface area (Å²) in [5.74, 6) is -3.82. The molecule has 2 aliphatic rings. The third kappa shape index (κ3) is 8.27. The van der Waals surface area contributed by atoms with Crippen molar-refractivity contribution in [2.75, 3.05) is 42.3 Å². The van der Waals surface area contributed by atoms with Gasteiger partial charge in [-0.1, -0.05) is 6.07 Å². The highest BCUT2D eigenvalue weighted by Crippen LogP contribution is 2.29. The number of hydrogen-bond acceptors (Lipinski definition) is 7. The lowest BCUT2D eigenvalue weighted by molar-refractivity contribution is -0.192. The summed E-state index contributed by atoms with van der Waals surface area (Å²) in [6.07, 6.45) is 0.742. The summed E-state index contributed by atoms with van der Waals surface area (Å²) in [4.78, 5) is 29.5. The Labute approximate surface area is 228 Å². The van der Waals surface area contributed by atoms with Crippen LogP contribution < -0.4 is 9.62 Å². The first-order valence-electron chi connectivity index (χ1n) is 12.5. The number of rotatable bonds is 7. The van der Waals surface area contributed by atoms with Gasteiger partial charge < -0.3 is 20.0 Å². The zero-order chi connectivity index (χ0) is 29.7. The molecule has 0 bridgehead atoms. The third-order valence-corrected chi connectivity index (χ3v) is 8.09. The number of carboxylic acids is 2. The lowest BCUT2D eigenvalue weighted by Crippen LogP contribution is -2.41. The van der Waals surface area contributed by atoms with E-state index in [-0.39, 0.29) is 16.1 Å². The SMILES string of the molecule is Cc1ccc(F)cc1S(=O)(=O)Nc1cnc(N2CCCC(CN3CCCC3)C2)c(C(=O)O)c1.O=C(O)C(F)(F)F. The van der Waals surface area contributed by atoms with E-state index in [2.05, 4.69) is 14.6 Å². The Bertz CT molecular complexity index is 1330. The predicted octanol–water partition coefficient (Wildman–Crippen LogP) is 3.97. The number of anilines is 2. The van der Waals surface area contributed by atoms with Crippen LogP contribution in [0.5, 0.6) is 0 Å². The number of aromatic carboxylic acids is 1. The van der Waals surface area contributed by atoms with Crippen LogP contribution in [0.2, 0.25) is 0 Å². The van der Waals surface area contributed by atoms with E-state index in [1.165, 1.54) is 37.2 Å². The monoisotopic (exact) mass is 590 g/mol. The summed E-state index contributed by atoms with van der Waals surface area (Å²) < 4.78 is 73.3. The zero-order valence-electron chi connectivity index (χ0n) is 21.6. The fraction of sp³-hybridized carbons (Fsp3) is 0.480. The fourth-order valence-electron chi connectivity index (χ4n) is 4.73. The van der Waals surface area contributed by atoms with Crippen molar-refractivity contribution in [2.24, 2.45) is 5.92 Å². The van der Waals surface area contributed by atoms with Gasteiger partial charge in [-0.15, -0.1) is 0 Å². The predicted molar refractivity (Wildman–Crippen MR) is 137 cm³/mol. The number of sulfonamides is 1. The number of aliphatic carboxylic acids is 1. The lowest BCUT2D eigenvalue weighted by atomic mass is 9.97. The van der Waals surface area contributed by atoms with Crippen LogP contribution in [0.15, 0.2) is 35.4 Å². The van der Waals surface area contributed by atoms with E-state index in [4.69, 9.17) is 9.90 Å². The molecule has 0 saturated carbocycles. The van der Waals surface area contributed by atoms with Crippen molar-refractivity contribution < 1.29 is 45.8 Å². The number of piperidine rings is 1. The highest BCUT2D eigenvalue weighted by molar-refractivity contribution is 7.92. The molecule has 15 heteroatoms. The van der Waals surface area contributed by atoms with Crippen LogP contribution in [-0.2, 0) is 14.8 Å². The summed E-state index contributed by atoms with van der Waals surface area (Å²) in [5.41, 5.74) is 0.336. The molecule has 40 heavy (non-hydrogen) atoms. The molecule has 1 aromatic heterocycles. The minimum absolute atomic E-state index is 0.0189. The molecule has 3 N–H and O–H groups in total. The Morgan fingerprint density at radius 3 is 2.35 bits per heavy atom. The number of carbonyl (C=O) groups is 2.